The van der Waals surface area contributed by atoms with Gasteiger partial charge < -0.3 is 24.3 Å². The van der Waals surface area contributed by atoms with E-state index in [-0.39, 0.29) is 18.0 Å². The van der Waals surface area contributed by atoms with Crippen LogP contribution in [0.1, 0.15) is 41.6 Å². The summed E-state index contributed by atoms with van der Waals surface area (Å²) in [6.45, 7) is 5.72. The van der Waals surface area contributed by atoms with E-state index in [9.17, 15) is 9.59 Å². The van der Waals surface area contributed by atoms with Crippen molar-refractivity contribution in [1.82, 2.24) is 29.4 Å². The van der Waals surface area contributed by atoms with Gasteiger partial charge in [0.25, 0.3) is 5.91 Å². The molecule has 2 saturated heterocycles. The summed E-state index contributed by atoms with van der Waals surface area (Å²) in [5, 5.41) is 3.03. The molecular weight excluding hydrogens is 396 g/mol. The lowest BCUT2D eigenvalue weighted by Crippen LogP contribution is -2.39. The number of hydrogen-bond acceptors (Lipinski definition) is 5. The topological polar surface area (TPSA) is 82.4 Å². The van der Waals surface area contributed by atoms with Gasteiger partial charge in [-0.3, -0.25) is 9.69 Å². The van der Waals surface area contributed by atoms with Crippen LogP contribution >= 0.6 is 0 Å². The quantitative estimate of drug-likeness (QED) is 0.707. The fourth-order valence-corrected chi connectivity index (χ4v) is 4.40. The Morgan fingerprint density at radius 3 is 2.81 bits per heavy atom. The first-order valence-corrected chi connectivity index (χ1v) is 11.1. The largest absolute Gasteiger partial charge is 0.379 e. The van der Waals surface area contributed by atoms with E-state index in [1.807, 2.05) is 33.7 Å². The van der Waals surface area contributed by atoms with Crippen molar-refractivity contribution in [1.29, 1.82) is 0 Å². The molecule has 2 aliphatic rings. The van der Waals surface area contributed by atoms with Gasteiger partial charge in [0, 0.05) is 46.5 Å². The van der Waals surface area contributed by atoms with Crippen LogP contribution in [0.5, 0.6) is 0 Å². The summed E-state index contributed by atoms with van der Waals surface area (Å²) in [7, 11) is 3.52. The molecule has 0 aliphatic carbocycles. The molecule has 2 aliphatic heterocycles. The van der Waals surface area contributed by atoms with Crippen LogP contribution in [-0.2, 0) is 4.74 Å². The summed E-state index contributed by atoms with van der Waals surface area (Å²) >= 11 is 0. The number of nitrogens with one attached hydrogen (secondary N) is 1. The van der Waals surface area contributed by atoms with Crippen molar-refractivity contribution in [2.45, 2.75) is 25.3 Å². The number of aromatic nitrogens is 2. The summed E-state index contributed by atoms with van der Waals surface area (Å²) in [4.78, 5) is 36.1. The first-order valence-electron chi connectivity index (χ1n) is 11.1. The number of carbonyl (C=O) groups is 2. The van der Waals surface area contributed by atoms with Crippen LogP contribution in [0.25, 0.3) is 5.52 Å². The molecule has 168 valence electrons. The van der Waals surface area contributed by atoms with E-state index in [1.165, 1.54) is 0 Å². The molecular formula is C22H32N6O3. The van der Waals surface area contributed by atoms with E-state index in [4.69, 9.17) is 9.72 Å². The second-order valence-electron chi connectivity index (χ2n) is 8.37. The highest BCUT2D eigenvalue weighted by Gasteiger charge is 2.34. The number of morpholine rings is 1. The zero-order chi connectivity index (χ0) is 21.8. The lowest BCUT2D eigenvalue weighted by atomic mass is 10.2. The Hall–Kier alpha value is -2.65. The number of fused-ring (bicyclic) bond motifs is 1. The Labute approximate surface area is 182 Å². The zero-order valence-corrected chi connectivity index (χ0v) is 18.4. The van der Waals surface area contributed by atoms with Gasteiger partial charge in [-0.05, 0) is 37.9 Å². The lowest BCUT2D eigenvalue weighted by Gasteiger charge is -2.27. The number of pyridine rings is 1. The minimum absolute atomic E-state index is 0.0238. The predicted octanol–water partition coefficient (Wildman–Crippen LogP) is 1.60. The van der Waals surface area contributed by atoms with E-state index in [1.54, 1.807) is 19.0 Å². The van der Waals surface area contributed by atoms with Crippen molar-refractivity contribution in [3.05, 3.63) is 35.9 Å². The normalized spacial score (nSPS) is 19.7. The highest BCUT2D eigenvalue weighted by Crippen LogP contribution is 2.33. The minimum Gasteiger partial charge on any atom is -0.379 e. The van der Waals surface area contributed by atoms with Crippen LogP contribution < -0.4 is 5.32 Å². The number of hydrogen-bond donors (Lipinski definition) is 1. The summed E-state index contributed by atoms with van der Waals surface area (Å²) in [6, 6.07) is 5.59. The molecule has 2 aromatic heterocycles. The molecule has 2 fully saturated rings. The van der Waals surface area contributed by atoms with Gasteiger partial charge in [0.2, 0.25) is 0 Å². The Kier molecular flexibility index (Phi) is 6.72. The average molecular weight is 429 g/mol. The van der Waals surface area contributed by atoms with E-state index < -0.39 is 0 Å². The van der Waals surface area contributed by atoms with Crippen LogP contribution in [0.4, 0.5) is 4.79 Å². The monoisotopic (exact) mass is 428 g/mol. The molecule has 0 aromatic carbocycles. The van der Waals surface area contributed by atoms with Gasteiger partial charge >= 0.3 is 6.03 Å². The Balaban J connectivity index is 1.47. The fourth-order valence-electron chi connectivity index (χ4n) is 4.40. The number of nitrogens with zero attached hydrogens (tertiary/aromatic N) is 5. The van der Waals surface area contributed by atoms with Crippen LogP contribution in [0.15, 0.2) is 24.4 Å². The maximum atomic E-state index is 13.0. The average Bonchev–Trinajstić information content (AvgIpc) is 3.41. The van der Waals surface area contributed by atoms with Crippen molar-refractivity contribution in [3.8, 4) is 0 Å². The maximum Gasteiger partial charge on any atom is 0.320 e. The number of rotatable bonds is 6. The van der Waals surface area contributed by atoms with Crippen LogP contribution in [0.3, 0.4) is 0 Å². The van der Waals surface area contributed by atoms with Gasteiger partial charge in [-0.1, -0.05) is 6.07 Å². The first kappa shape index (κ1) is 21.6. The molecule has 1 N–H and O–H groups in total. The number of carbonyl (C=O) groups excluding carboxylic acids is 2. The summed E-state index contributed by atoms with van der Waals surface area (Å²) < 4.78 is 7.33. The predicted molar refractivity (Wildman–Crippen MR) is 117 cm³/mol. The molecule has 0 saturated carbocycles. The van der Waals surface area contributed by atoms with E-state index >= 15 is 0 Å². The molecule has 9 heteroatoms. The molecule has 0 unspecified atom stereocenters. The molecule has 9 nitrogen and oxygen atoms in total. The van der Waals surface area contributed by atoms with E-state index in [0.29, 0.717) is 18.8 Å². The number of ether oxygens (including phenoxy) is 1. The molecule has 1 atom stereocenters. The standard InChI is InChI=1S/C22H32N6O3/c1-25(2)22(30)28-12-5-8-18(28)20-24-19(17-7-3-4-11-27(17)20)21(29)23-9-6-10-26-13-15-31-16-14-26/h3-4,7,11,18H,5-6,8-10,12-16H2,1-2H3,(H,23,29)/t18-/m1/s1. The van der Waals surface area contributed by atoms with Gasteiger partial charge in [-0.15, -0.1) is 0 Å². The molecule has 3 amide bonds. The number of urea groups is 1. The Morgan fingerprint density at radius 2 is 2.03 bits per heavy atom. The summed E-state index contributed by atoms with van der Waals surface area (Å²) in [6.07, 6.45) is 4.57. The minimum atomic E-state index is -0.166. The second kappa shape index (κ2) is 9.65. The Morgan fingerprint density at radius 1 is 1.23 bits per heavy atom. The molecule has 0 bridgehead atoms. The third kappa shape index (κ3) is 4.67. The number of imidazole rings is 1. The van der Waals surface area contributed by atoms with Gasteiger partial charge in [-0.2, -0.15) is 0 Å². The first-order chi connectivity index (χ1) is 15.1. The fraction of sp³-hybridized carbons (Fsp3) is 0.591. The van der Waals surface area contributed by atoms with Crippen molar-refractivity contribution in [2.75, 3.05) is 60.0 Å². The molecule has 4 heterocycles. The van der Waals surface area contributed by atoms with E-state index in [0.717, 1.165) is 63.5 Å². The SMILES string of the molecule is CN(C)C(=O)N1CCC[C@@H]1c1nc(C(=O)NCCCN2CCOCC2)c2ccccn12. The van der Waals surface area contributed by atoms with Gasteiger partial charge in [0.15, 0.2) is 5.69 Å². The lowest BCUT2D eigenvalue weighted by molar-refractivity contribution is 0.0374. The van der Waals surface area contributed by atoms with Crippen molar-refractivity contribution in [2.24, 2.45) is 0 Å². The second-order valence-corrected chi connectivity index (χ2v) is 8.37. The molecule has 0 radical (unpaired) electrons. The van der Waals surface area contributed by atoms with Gasteiger partial charge in [0.1, 0.15) is 5.82 Å². The summed E-state index contributed by atoms with van der Waals surface area (Å²) in [5.41, 5.74) is 1.19. The van der Waals surface area contributed by atoms with Gasteiger partial charge in [0.05, 0.1) is 24.8 Å². The van der Waals surface area contributed by atoms with Crippen LogP contribution in [0.2, 0.25) is 0 Å². The van der Waals surface area contributed by atoms with Crippen molar-refractivity contribution >= 4 is 17.5 Å². The van der Waals surface area contributed by atoms with Crippen LogP contribution in [-0.4, -0.2) is 96.1 Å². The molecule has 31 heavy (non-hydrogen) atoms. The van der Waals surface area contributed by atoms with Gasteiger partial charge in [-0.25, -0.2) is 9.78 Å². The van der Waals surface area contributed by atoms with E-state index in [2.05, 4.69) is 10.2 Å². The highest BCUT2D eigenvalue weighted by atomic mass is 16.5. The molecule has 0 spiro atoms. The number of amides is 3. The zero-order valence-electron chi connectivity index (χ0n) is 18.4. The third-order valence-corrected chi connectivity index (χ3v) is 6.01. The van der Waals surface area contributed by atoms with Crippen LogP contribution in [0, 0.1) is 0 Å². The van der Waals surface area contributed by atoms with Crippen molar-refractivity contribution < 1.29 is 14.3 Å². The summed E-state index contributed by atoms with van der Waals surface area (Å²) in [5.74, 6) is 0.585. The highest BCUT2D eigenvalue weighted by molar-refractivity contribution is 5.99. The maximum absolute atomic E-state index is 13.0. The third-order valence-electron chi connectivity index (χ3n) is 6.01. The number of likely N-dealkylation sites (tertiary alicyclic amines) is 1. The Bertz CT molecular complexity index is 921. The molecule has 4 rings (SSSR count). The van der Waals surface area contributed by atoms with Crippen molar-refractivity contribution in [3.63, 3.8) is 0 Å². The smallest absolute Gasteiger partial charge is 0.320 e. The molecule has 2 aromatic rings.